The van der Waals surface area contributed by atoms with Crippen LogP contribution in [0.15, 0.2) is 48.5 Å². The topological polar surface area (TPSA) is 141 Å². The lowest BCUT2D eigenvalue weighted by Crippen LogP contribution is -2.19. The molecule has 0 spiro atoms. The number of thiazole rings is 1. The molecular formula is C23H24N3O7S2-. The maximum Gasteiger partial charge on any atom is 0.303 e. The van der Waals surface area contributed by atoms with E-state index in [0.717, 1.165) is 21.2 Å². The van der Waals surface area contributed by atoms with Gasteiger partial charge in [-0.05, 0) is 49.2 Å². The number of benzene rings is 2. The zero-order valence-electron chi connectivity index (χ0n) is 19.1. The Hall–Kier alpha value is -3.48. The summed E-state index contributed by atoms with van der Waals surface area (Å²) in [7, 11) is 0. The van der Waals surface area contributed by atoms with Crippen LogP contribution >= 0.6 is 11.3 Å². The predicted molar refractivity (Wildman–Crippen MR) is 132 cm³/mol. The molecule has 1 heterocycles. The Morgan fingerprint density at radius 3 is 2.49 bits per heavy atom. The molecule has 1 aromatic heterocycles. The number of carboxylic acid groups (broad SMARTS) is 1. The number of carboxylic acids is 1. The first-order valence-electron chi connectivity index (χ1n) is 10.5. The molecule has 2 aromatic carbocycles. The average Bonchev–Trinajstić information content (AvgIpc) is 3.15. The minimum atomic E-state index is -2.61. The number of anilines is 3. The zero-order valence-corrected chi connectivity index (χ0v) is 20.7. The van der Waals surface area contributed by atoms with Crippen LogP contribution in [-0.4, -0.2) is 43.9 Å². The molecule has 0 aliphatic heterocycles. The Balaban J connectivity index is 1.60. The third kappa shape index (κ3) is 7.50. The highest BCUT2D eigenvalue weighted by atomic mass is 32.2. The highest BCUT2D eigenvalue weighted by molar-refractivity contribution is 7.81. The standard InChI is InChI=1S/C23H25N3O7S2/c1-15-22(34-23(24-15)25-16(2)27)26(35(30)31)18-8-10-19(11-9-18)32-13-14-33-20-6-4-3-5-17(20)7-12-21(28)29/h3-6,8-11H,7,12-14H2,1-2H3,(H,28,29)(H,30,31)(H,24,25,27)/p-1. The normalized spacial score (nSPS) is 11.5. The van der Waals surface area contributed by atoms with Crippen molar-refractivity contribution in [3.8, 4) is 11.5 Å². The molecule has 3 rings (SSSR count). The van der Waals surface area contributed by atoms with Crippen LogP contribution in [0.3, 0.4) is 0 Å². The van der Waals surface area contributed by atoms with Crippen molar-refractivity contribution in [1.29, 1.82) is 0 Å². The molecule has 1 amide bonds. The minimum Gasteiger partial charge on any atom is -0.755 e. The lowest BCUT2D eigenvalue weighted by molar-refractivity contribution is -0.137. The summed E-state index contributed by atoms with van der Waals surface area (Å²) in [5, 5.41) is 12.1. The van der Waals surface area contributed by atoms with Crippen LogP contribution in [0.2, 0.25) is 0 Å². The lowest BCUT2D eigenvalue weighted by Gasteiger charge is -2.25. The molecule has 186 valence electrons. The summed E-state index contributed by atoms with van der Waals surface area (Å²) >= 11 is -1.56. The van der Waals surface area contributed by atoms with Gasteiger partial charge in [-0.25, -0.2) is 4.98 Å². The number of hydrogen-bond donors (Lipinski definition) is 2. The number of amides is 1. The summed E-state index contributed by atoms with van der Waals surface area (Å²) in [4.78, 5) is 26.3. The summed E-state index contributed by atoms with van der Waals surface area (Å²) in [6.45, 7) is 3.49. The van der Waals surface area contributed by atoms with Gasteiger partial charge in [0.25, 0.3) is 0 Å². The van der Waals surface area contributed by atoms with E-state index in [1.54, 1.807) is 37.3 Å². The Morgan fingerprint density at radius 1 is 1.14 bits per heavy atom. The number of nitrogens with zero attached hydrogens (tertiary/aromatic N) is 2. The fraction of sp³-hybridized carbons (Fsp3) is 0.261. The van der Waals surface area contributed by atoms with Crippen molar-refractivity contribution in [3.63, 3.8) is 0 Å². The first kappa shape index (κ1) is 26.1. The van der Waals surface area contributed by atoms with Gasteiger partial charge >= 0.3 is 5.97 Å². The Labute approximate surface area is 208 Å². The van der Waals surface area contributed by atoms with Gasteiger partial charge in [0.2, 0.25) is 5.91 Å². The molecular weight excluding hydrogens is 494 g/mol. The molecule has 1 atom stereocenters. The van der Waals surface area contributed by atoms with Crippen molar-refractivity contribution in [2.45, 2.75) is 26.7 Å². The Morgan fingerprint density at radius 2 is 1.83 bits per heavy atom. The van der Waals surface area contributed by atoms with E-state index in [-0.39, 0.29) is 25.5 Å². The van der Waals surface area contributed by atoms with Crippen LogP contribution in [0.4, 0.5) is 15.8 Å². The molecule has 1 unspecified atom stereocenters. The van der Waals surface area contributed by atoms with Gasteiger partial charge < -0.3 is 24.4 Å². The van der Waals surface area contributed by atoms with E-state index in [2.05, 4.69) is 10.3 Å². The monoisotopic (exact) mass is 518 g/mol. The largest absolute Gasteiger partial charge is 0.755 e. The molecule has 0 aliphatic rings. The fourth-order valence-corrected chi connectivity index (χ4v) is 4.93. The highest BCUT2D eigenvalue weighted by Gasteiger charge is 2.18. The highest BCUT2D eigenvalue weighted by Crippen LogP contribution is 2.37. The van der Waals surface area contributed by atoms with Gasteiger partial charge in [-0.15, -0.1) is 0 Å². The van der Waals surface area contributed by atoms with E-state index < -0.39 is 17.2 Å². The van der Waals surface area contributed by atoms with Crippen LogP contribution < -0.4 is 19.1 Å². The fourth-order valence-electron chi connectivity index (χ4n) is 3.13. The van der Waals surface area contributed by atoms with Crippen molar-refractivity contribution < 1.29 is 32.9 Å². The third-order valence-corrected chi connectivity index (χ3v) is 6.52. The molecule has 0 bridgehead atoms. The lowest BCUT2D eigenvalue weighted by atomic mass is 10.1. The van der Waals surface area contributed by atoms with Crippen LogP contribution in [0.25, 0.3) is 0 Å². The van der Waals surface area contributed by atoms with Crippen molar-refractivity contribution in [3.05, 3.63) is 59.8 Å². The van der Waals surface area contributed by atoms with E-state index >= 15 is 0 Å². The number of hydrogen-bond acceptors (Lipinski definition) is 8. The van der Waals surface area contributed by atoms with Gasteiger partial charge in [0.15, 0.2) is 5.13 Å². The summed E-state index contributed by atoms with van der Waals surface area (Å²) in [6.07, 6.45) is 0.390. The second kappa shape index (κ2) is 12.3. The maximum atomic E-state index is 12.0. The maximum absolute atomic E-state index is 12.0. The number of nitrogens with one attached hydrogen (secondary N) is 1. The van der Waals surface area contributed by atoms with Gasteiger partial charge in [0.05, 0.1) is 22.6 Å². The van der Waals surface area contributed by atoms with Gasteiger partial charge in [-0.2, -0.15) is 0 Å². The summed E-state index contributed by atoms with van der Waals surface area (Å²) in [5.74, 6) is -0.0353. The molecule has 0 saturated carbocycles. The smallest absolute Gasteiger partial charge is 0.303 e. The van der Waals surface area contributed by atoms with Crippen molar-refractivity contribution >= 4 is 50.3 Å². The van der Waals surface area contributed by atoms with E-state index in [1.807, 2.05) is 18.2 Å². The number of rotatable bonds is 12. The van der Waals surface area contributed by atoms with Crippen molar-refractivity contribution in [2.24, 2.45) is 0 Å². The van der Waals surface area contributed by atoms with Gasteiger partial charge in [0.1, 0.15) is 29.7 Å². The Bertz CT molecular complexity index is 1200. The predicted octanol–water partition coefficient (Wildman–Crippen LogP) is 3.82. The number of ether oxygens (including phenoxy) is 2. The minimum absolute atomic E-state index is 0.0179. The van der Waals surface area contributed by atoms with Crippen LogP contribution in [-0.2, 0) is 27.3 Å². The van der Waals surface area contributed by atoms with Gasteiger partial charge in [-0.3, -0.25) is 18.1 Å². The molecule has 2 N–H and O–H groups in total. The van der Waals surface area contributed by atoms with E-state index in [0.29, 0.717) is 39.4 Å². The van der Waals surface area contributed by atoms with E-state index in [9.17, 15) is 18.4 Å². The number of carbonyl (C=O) groups excluding carboxylic acids is 1. The van der Waals surface area contributed by atoms with Crippen LogP contribution in [0.5, 0.6) is 11.5 Å². The van der Waals surface area contributed by atoms with Gasteiger partial charge in [0, 0.05) is 13.3 Å². The Kier molecular flexibility index (Phi) is 9.18. The number of aromatic nitrogens is 1. The third-order valence-electron chi connectivity index (χ3n) is 4.65. The second-order valence-corrected chi connectivity index (χ2v) is 9.07. The zero-order chi connectivity index (χ0) is 25.4. The quantitative estimate of drug-likeness (QED) is 0.272. The van der Waals surface area contributed by atoms with Gasteiger partial charge in [-0.1, -0.05) is 29.5 Å². The summed E-state index contributed by atoms with van der Waals surface area (Å²) < 4.78 is 36.5. The summed E-state index contributed by atoms with van der Waals surface area (Å²) in [5.41, 5.74) is 1.66. The molecule has 0 saturated heterocycles. The molecule has 12 heteroatoms. The average molecular weight is 519 g/mol. The molecule has 3 aromatic rings. The summed E-state index contributed by atoms with van der Waals surface area (Å²) in [6, 6.07) is 13.7. The number of aryl methyl sites for hydroxylation is 2. The molecule has 0 radical (unpaired) electrons. The SMILES string of the molecule is CC(=O)Nc1nc(C)c(N(c2ccc(OCCOc3ccccc3CCC(=O)O)cc2)S(=O)[O-])s1. The first-order valence-corrected chi connectivity index (χ1v) is 12.4. The first-order chi connectivity index (χ1) is 16.7. The number of carbonyl (C=O) groups is 2. The number of para-hydroxylation sites is 1. The van der Waals surface area contributed by atoms with Crippen LogP contribution in [0.1, 0.15) is 24.6 Å². The second-order valence-electron chi connectivity index (χ2n) is 7.29. The van der Waals surface area contributed by atoms with E-state index in [1.165, 1.54) is 6.92 Å². The molecule has 10 nitrogen and oxygen atoms in total. The van der Waals surface area contributed by atoms with Crippen LogP contribution in [0, 0.1) is 6.92 Å². The van der Waals surface area contributed by atoms with E-state index in [4.69, 9.17) is 14.6 Å². The number of aliphatic carboxylic acids is 1. The molecule has 0 aliphatic carbocycles. The van der Waals surface area contributed by atoms with Crippen molar-refractivity contribution in [2.75, 3.05) is 22.8 Å². The van der Waals surface area contributed by atoms with Crippen molar-refractivity contribution in [1.82, 2.24) is 4.98 Å². The molecule has 35 heavy (non-hydrogen) atoms. The molecule has 0 fully saturated rings.